The second kappa shape index (κ2) is 6.10. The Morgan fingerprint density at radius 2 is 2.00 bits per heavy atom. The van der Waals surface area contributed by atoms with Crippen molar-refractivity contribution in [2.24, 2.45) is 0 Å². The lowest BCUT2D eigenvalue weighted by atomic mass is 10.1. The van der Waals surface area contributed by atoms with Gasteiger partial charge in [-0.05, 0) is 43.7 Å². The number of benzene rings is 2. The molecule has 2 aromatic carbocycles. The molecule has 4 nitrogen and oxygen atoms in total. The van der Waals surface area contributed by atoms with Crippen LogP contribution in [-0.4, -0.2) is 12.5 Å². The Bertz CT molecular complexity index is 624. The molecule has 20 heavy (non-hydrogen) atoms. The maximum Gasteiger partial charge on any atom is 0.256 e. The van der Waals surface area contributed by atoms with Gasteiger partial charge >= 0.3 is 0 Å². The van der Waals surface area contributed by atoms with E-state index in [1.165, 1.54) is 0 Å². The molecule has 2 aromatic rings. The fourth-order valence-corrected chi connectivity index (χ4v) is 1.93. The van der Waals surface area contributed by atoms with Crippen molar-refractivity contribution in [2.45, 2.75) is 13.8 Å². The highest BCUT2D eigenvalue weighted by Crippen LogP contribution is 2.20. The van der Waals surface area contributed by atoms with E-state index in [9.17, 15) is 4.79 Å². The quantitative estimate of drug-likeness (QED) is 0.838. The standard InChI is InChI=1S/C16H18N2O2/c1-3-20-13-7-4-6-12(10-13)18-16(19)14-8-5-9-15(17)11(14)2/h4-10H,3,17H2,1-2H3,(H,18,19). The zero-order valence-electron chi connectivity index (χ0n) is 11.6. The van der Waals surface area contributed by atoms with Crippen molar-refractivity contribution in [2.75, 3.05) is 17.7 Å². The van der Waals surface area contributed by atoms with Crippen LogP contribution < -0.4 is 15.8 Å². The van der Waals surface area contributed by atoms with Crippen LogP contribution in [0.1, 0.15) is 22.8 Å². The molecule has 0 aliphatic carbocycles. The summed E-state index contributed by atoms with van der Waals surface area (Å²) < 4.78 is 5.41. The molecular formula is C16H18N2O2. The molecule has 0 spiro atoms. The zero-order chi connectivity index (χ0) is 14.5. The lowest BCUT2D eigenvalue weighted by Gasteiger charge is -2.10. The molecule has 2 rings (SSSR count). The van der Waals surface area contributed by atoms with Crippen LogP contribution in [0.5, 0.6) is 5.75 Å². The SMILES string of the molecule is CCOc1cccc(NC(=O)c2cccc(N)c2C)c1. The first-order valence-electron chi connectivity index (χ1n) is 6.51. The van der Waals surface area contributed by atoms with E-state index in [1.54, 1.807) is 24.3 Å². The summed E-state index contributed by atoms with van der Waals surface area (Å²) >= 11 is 0. The van der Waals surface area contributed by atoms with Crippen LogP contribution in [0.3, 0.4) is 0 Å². The lowest BCUT2D eigenvalue weighted by molar-refractivity contribution is 0.102. The summed E-state index contributed by atoms with van der Waals surface area (Å²) in [5.41, 5.74) is 8.48. The smallest absolute Gasteiger partial charge is 0.256 e. The third-order valence-electron chi connectivity index (χ3n) is 3.02. The predicted molar refractivity (Wildman–Crippen MR) is 81.2 cm³/mol. The Morgan fingerprint density at radius 3 is 2.75 bits per heavy atom. The first kappa shape index (κ1) is 13.9. The highest BCUT2D eigenvalue weighted by molar-refractivity contribution is 6.06. The number of hydrogen-bond acceptors (Lipinski definition) is 3. The normalized spacial score (nSPS) is 10.1. The Labute approximate surface area is 118 Å². The second-order valence-corrected chi connectivity index (χ2v) is 4.43. The number of amides is 1. The maximum atomic E-state index is 12.2. The summed E-state index contributed by atoms with van der Waals surface area (Å²) in [5.74, 6) is 0.554. The lowest BCUT2D eigenvalue weighted by Crippen LogP contribution is -2.14. The van der Waals surface area contributed by atoms with Gasteiger partial charge in [0.15, 0.2) is 0 Å². The monoisotopic (exact) mass is 270 g/mol. The van der Waals surface area contributed by atoms with Crippen molar-refractivity contribution in [3.05, 3.63) is 53.6 Å². The average molecular weight is 270 g/mol. The number of ether oxygens (including phenoxy) is 1. The molecule has 0 radical (unpaired) electrons. The number of nitrogen functional groups attached to an aromatic ring is 1. The minimum Gasteiger partial charge on any atom is -0.494 e. The number of nitrogens with one attached hydrogen (secondary N) is 1. The van der Waals surface area contributed by atoms with Gasteiger partial charge in [-0.15, -0.1) is 0 Å². The molecule has 104 valence electrons. The Morgan fingerprint density at radius 1 is 1.25 bits per heavy atom. The molecular weight excluding hydrogens is 252 g/mol. The molecule has 0 heterocycles. The van der Waals surface area contributed by atoms with Crippen LogP contribution >= 0.6 is 0 Å². The van der Waals surface area contributed by atoms with Gasteiger partial charge in [0.25, 0.3) is 5.91 Å². The molecule has 1 amide bonds. The second-order valence-electron chi connectivity index (χ2n) is 4.43. The number of carbonyl (C=O) groups excluding carboxylic acids is 1. The number of hydrogen-bond donors (Lipinski definition) is 2. The highest BCUT2D eigenvalue weighted by atomic mass is 16.5. The van der Waals surface area contributed by atoms with Crippen LogP contribution in [0.25, 0.3) is 0 Å². The first-order chi connectivity index (χ1) is 9.61. The van der Waals surface area contributed by atoms with Gasteiger partial charge in [0.2, 0.25) is 0 Å². The van der Waals surface area contributed by atoms with E-state index in [0.717, 1.165) is 11.3 Å². The summed E-state index contributed by atoms with van der Waals surface area (Å²) in [6.45, 7) is 4.34. The van der Waals surface area contributed by atoms with Crippen LogP contribution in [0.15, 0.2) is 42.5 Å². The van der Waals surface area contributed by atoms with Crippen molar-refractivity contribution in [3.63, 3.8) is 0 Å². The van der Waals surface area contributed by atoms with E-state index in [4.69, 9.17) is 10.5 Å². The molecule has 0 saturated heterocycles. The van der Waals surface area contributed by atoms with Gasteiger partial charge < -0.3 is 15.8 Å². The Balaban J connectivity index is 2.19. The maximum absolute atomic E-state index is 12.2. The van der Waals surface area contributed by atoms with Crippen molar-refractivity contribution < 1.29 is 9.53 Å². The van der Waals surface area contributed by atoms with Crippen molar-refractivity contribution >= 4 is 17.3 Å². The minimum absolute atomic E-state index is 0.177. The Kier molecular flexibility index (Phi) is 4.25. The molecule has 3 N–H and O–H groups in total. The summed E-state index contributed by atoms with van der Waals surface area (Å²) in [4.78, 5) is 12.2. The number of carbonyl (C=O) groups is 1. The average Bonchev–Trinajstić information content (AvgIpc) is 2.42. The van der Waals surface area contributed by atoms with Crippen molar-refractivity contribution in [3.8, 4) is 5.75 Å². The van der Waals surface area contributed by atoms with Gasteiger partial charge in [-0.1, -0.05) is 12.1 Å². The highest BCUT2D eigenvalue weighted by Gasteiger charge is 2.10. The summed E-state index contributed by atoms with van der Waals surface area (Å²) in [6, 6.07) is 12.6. The fraction of sp³-hybridized carbons (Fsp3) is 0.188. The van der Waals surface area contributed by atoms with Gasteiger partial charge in [-0.25, -0.2) is 0 Å². The van der Waals surface area contributed by atoms with Gasteiger partial charge in [0, 0.05) is 23.0 Å². The van der Waals surface area contributed by atoms with E-state index >= 15 is 0 Å². The van der Waals surface area contributed by atoms with E-state index in [2.05, 4.69) is 5.32 Å². The predicted octanol–water partition coefficient (Wildman–Crippen LogP) is 3.23. The van der Waals surface area contributed by atoms with Crippen LogP contribution in [0.4, 0.5) is 11.4 Å². The topological polar surface area (TPSA) is 64.3 Å². The van der Waals surface area contributed by atoms with E-state index in [1.807, 2.05) is 32.0 Å². The summed E-state index contributed by atoms with van der Waals surface area (Å²) in [5, 5.41) is 2.85. The molecule has 0 atom stereocenters. The summed E-state index contributed by atoms with van der Waals surface area (Å²) in [6.07, 6.45) is 0. The number of nitrogens with two attached hydrogens (primary N) is 1. The number of anilines is 2. The molecule has 0 aromatic heterocycles. The van der Waals surface area contributed by atoms with Crippen LogP contribution in [-0.2, 0) is 0 Å². The van der Waals surface area contributed by atoms with E-state index < -0.39 is 0 Å². The van der Waals surface area contributed by atoms with E-state index in [-0.39, 0.29) is 5.91 Å². The molecule has 0 unspecified atom stereocenters. The van der Waals surface area contributed by atoms with Gasteiger partial charge in [-0.2, -0.15) is 0 Å². The van der Waals surface area contributed by atoms with Gasteiger partial charge in [-0.3, -0.25) is 4.79 Å². The van der Waals surface area contributed by atoms with Crippen LogP contribution in [0, 0.1) is 6.92 Å². The van der Waals surface area contributed by atoms with Gasteiger partial charge in [0.1, 0.15) is 5.75 Å². The van der Waals surface area contributed by atoms with Crippen LogP contribution in [0.2, 0.25) is 0 Å². The molecule has 0 aliphatic heterocycles. The molecule has 0 bridgehead atoms. The minimum atomic E-state index is -0.177. The largest absolute Gasteiger partial charge is 0.494 e. The third kappa shape index (κ3) is 3.09. The van der Waals surface area contributed by atoms with E-state index in [0.29, 0.717) is 23.5 Å². The number of rotatable bonds is 4. The first-order valence-corrected chi connectivity index (χ1v) is 6.51. The molecule has 0 fully saturated rings. The summed E-state index contributed by atoms with van der Waals surface area (Å²) in [7, 11) is 0. The molecule has 0 saturated carbocycles. The molecule has 4 heteroatoms. The third-order valence-corrected chi connectivity index (χ3v) is 3.02. The zero-order valence-corrected chi connectivity index (χ0v) is 11.6. The molecule has 0 aliphatic rings. The Hall–Kier alpha value is -2.49. The fourth-order valence-electron chi connectivity index (χ4n) is 1.93. The van der Waals surface area contributed by atoms with Crippen molar-refractivity contribution in [1.29, 1.82) is 0 Å². The van der Waals surface area contributed by atoms with Gasteiger partial charge in [0.05, 0.1) is 6.61 Å². The van der Waals surface area contributed by atoms with Crippen molar-refractivity contribution in [1.82, 2.24) is 0 Å².